The minimum Gasteiger partial charge on any atom is -0.304 e. The van der Waals surface area contributed by atoms with Crippen molar-refractivity contribution >= 4 is 34.4 Å². The van der Waals surface area contributed by atoms with Crippen LogP contribution in [0, 0.1) is 6.92 Å². The summed E-state index contributed by atoms with van der Waals surface area (Å²) in [4.78, 5) is 32.7. The second kappa shape index (κ2) is 6.75. The quantitative estimate of drug-likeness (QED) is 0.878. The van der Waals surface area contributed by atoms with Crippen molar-refractivity contribution in [2.75, 3.05) is 0 Å². The first-order valence-electron chi connectivity index (χ1n) is 7.19. The lowest BCUT2D eigenvalue weighted by Crippen LogP contribution is -2.26. The molecule has 116 valence electrons. The van der Waals surface area contributed by atoms with E-state index in [1.807, 2.05) is 37.3 Å². The van der Waals surface area contributed by atoms with Gasteiger partial charge >= 0.3 is 0 Å². The number of hydrogen-bond acceptors (Lipinski definition) is 5. The fraction of sp³-hybridized carbons (Fsp3) is 0.176. The number of nitrogens with one attached hydrogen (secondary N) is 1. The van der Waals surface area contributed by atoms with Crippen molar-refractivity contribution in [3.05, 3.63) is 59.8 Å². The van der Waals surface area contributed by atoms with Crippen LogP contribution in [0.3, 0.4) is 0 Å². The minimum atomic E-state index is -0.453. The molecule has 0 aliphatic carbocycles. The number of hydrogen-bond donors (Lipinski definition) is 1. The highest BCUT2D eigenvalue weighted by atomic mass is 32.2. The van der Waals surface area contributed by atoms with Gasteiger partial charge in [-0.15, -0.1) is 0 Å². The normalized spacial score (nSPS) is 18.9. The van der Waals surface area contributed by atoms with E-state index in [2.05, 4.69) is 15.3 Å². The monoisotopic (exact) mass is 325 g/mol. The highest BCUT2D eigenvalue weighted by Gasteiger charge is 2.32. The summed E-state index contributed by atoms with van der Waals surface area (Å²) < 4.78 is 0. The number of aryl methyl sites for hydroxylation is 1. The van der Waals surface area contributed by atoms with Gasteiger partial charge in [-0.05, 0) is 24.6 Å². The van der Waals surface area contributed by atoms with E-state index in [0.29, 0.717) is 16.5 Å². The van der Waals surface area contributed by atoms with Crippen molar-refractivity contribution in [3.63, 3.8) is 0 Å². The summed E-state index contributed by atoms with van der Waals surface area (Å²) in [7, 11) is 0. The van der Waals surface area contributed by atoms with Gasteiger partial charge in [-0.1, -0.05) is 42.1 Å². The van der Waals surface area contributed by atoms with Crippen LogP contribution in [0.5, 0.6) is 0 Å². The van der Waals surface area contributed by atoms with Gasteiger partial charge in [-0.25, -0.2) is 9.98 Å². The van der Waals surface area contributed by atoms with Gasteiger partial charge in [-0.3, -0.25) is 9.59 Å². The lowest BCUT2D eigenvalue weighted by molar-refractivity contribution is -0.118. The molecule has 23 heavy (non-hydrogen) atoms. The number of ketones is 1. The highest BCUT2D eigenvalue weighted by Crippen LogP contribution is 2.25. The van der Waals surface area contributed by atoms with E-state index in [9.17, 15) is 9.59 Å². The molecule has 1 aliphatic rings. The molecule has 1 fully saturated rings. The standard InChI is InChI=1S/C17H15N3O2S/c1-11-7-8-18-15(9-11)19-17-20-16(22)14(23-17)10-13(21)12-5-3-2-4-6-12/h2-9,14H,10H2,1H3,(H,18,19,20,22). The Morgan fingerprint density at radius 1 is 1.30 bits per heavy atom. The Labute approximate surface area is 138 Å². The number of thioether (sulfide) groups is 1. The maximum absolute atomic E-state index is 12.2. The zero-order valence-corrected chi connectivity index (χ0v) is 13.3. The summed E-state index contributed by atoms with van der Waals surface area (Å²) in [6.45, 7) is 1.95. The largest absolute Gasteiger partial charge is 0.304 e. The smallest absolute Gasteiger partial charge is 0.240 e. The van der Waals surface area contributed by atoms with Gasteiger partial charge in [0.2, 0.25) is 5.91 Å². The van der Waals surface area contributed by atoms with Crippen molar-refractivity contribution in [2.45, 2.75) is 18.6 Å². The number of carbonyl (C=O) groups excluding carboxylic acids is 2. The van der Waals surface area contributed by atoms with E-state index < -0.39 is 5.25 Å². The van der Waals surface area contributed by atoms with E-state index in [0.717, 1.165) is 5.56 Å². The predicted octanol–water partition coefficient (Wildman–Crippen LogP) is 2.88. The van der Waals surface area contributed by atoms with Gasteiger partial charge in [0.25, 0.3) is 0 Å². The Kier molecular flexibility index (Phi) is 4.52. The third kappa shape index (κ3) is 3.84. The Bertz CT molecular complexity index is 774. The van der Waals surface area contributed by atoms with E-state index >= 15 is 0 Å². The summed E-state index contributed by atoms with van der Waals surface area (Å²) in [5, 5.41) is 2.74. The van der Waals surface area contributed by atoms with Crippen LogP contribution in [-0.2, 0) is 4.79 Å². The van der Waals surface area contributed by atoms with Gasteiger partial charge in [0.05, 0.1) is 5.25 Å². The zero-order valence-electron chi connectivity index (χ0n) is 12.5. The van der Waals surface area contributed by atoms with E-state index in [1.165, 1.54) is 11.8 Å². The van der Waals surface area contributed by atoms with Crippen molar-refractivity contribution in [2.24, 2.45) is 4.99 Å². The molecule has 1 aromatic carbocycles. The van der Waals surface area contributed by atoms with Gasteiger partial charge in [-0.2, -0.15) is 0 Å². The van der Waals surface area contributed by atoms with E-state index in [-0.39, 0.29) is 18.1 Å². The van der Waals surface area contributed by atoms with Crippen LogP contribution in [0.1, 0.15) is 22.3 Å². The molecule has 0 radical (unpaired) electrons. The van der Waals surface area contributed by atoms with E-state index in [4.69, 9.17) is 0 Å². The minimum absolute atomic E-state index is 0.0480. The van der Waals surface area contributed by atoms with Gasteiger partial charge in [0, 0.05) is 18.2 Å². The maximum Gasteiger partial charge on any atom is 0.240 e. The molecule has 1 unspecified atom stereocenters. The molecule has 2 heterocycles. The second-order valence-corrected chi connectivity index (χ2v) is 6.39. The van der Waals surface area contributed by atoms with Crippen LogP contribution in [0.4, 0.5) is 5.82 Å². The lowest BCUT2D eigenvalue weighted by Gasteiger charge is -2.04. The Hall–Kier alpha value is -2.47. The molecule has 0 saturated carbocycles. The van der Waals surface area contributed by atoms with Crippen molar-refractivity contribution in [1.29, 1.82) is 0 Å². The molecule has 5 nitrogen and oxygen atoms in total. The molecule has 1 aromatic heterocycles. The van der Waals surface area contributed by atoms with Crippen LogP contribution < -0.4 is 5.32 Å². The van der Waals surface area contributed by atoms with Crippen molar-refractivity contribution in [1.82, 2.24) is 10.3 Å². The van der Waals surface area contributed by atoms with Crippen LogP contribution >= 0.6 is 11.8 Å². The molecule has 0 bridgehead atoms. The van der Waals surface area contributed by atoms with Gasteiger partial charge < -0.3 is 5.32 Å². The summed E-state index contributed by atoms with van der Waals surface area (Å²) in [5.74, 6) is 0.307. The van der Waals surface area contributed by atoms with Crippen molar-refractivity contribution in [3.8, 4) is 0 Å². The number of benzene rings is 1. The van der Waals surface area contributed by atoms with E-state index in [1.54, 1.807) is 18.3 Å². The molecule has 1 amide bonds. The number of amidine groups is 1. The maximum atomic E-state index is 12.2. The van der Waals surface area contributed by atoms with Crippen LogP contribution in [0.2, 0.25) is 0 Å². The fourth-order valence-electron chi connectivity index (χ4n) is 2.19. The fourth-order valence-corrected chi connectivity index (χ4v) is 3.16. The predicted molar refractivity (Wildman–Crippen MR) is 91.0 cm³/mol. The number of amides is 1. The molecule has 2 aromatic rings. The molecule has 3 rings (SSSR count). The molecule has 1 atom stereocenters. The number of Topliss-reactive ketones (excluding diaryl/α,β-unsaturated/α-hetero) is 1. The third-order valence-corrected chi connectivity index (χ3v) is 4.44. The third-order valence-electron chi connectivity index (χ3n) is 3.36. The molecule has 1 saturated heterocycles. The molecule has 1 aliphatic heterocycles. The SMILES string of the molecule is Cc1ccnc(N=C2NC(=O)C(CC(=O)c3ccccc3)S2)c1. The molecule has 1 N–H and O–H groups in total. The molecular weight excluding hydrogens is 310 g/mol. The van der Waals surface area contributed by atoms with Crippen LogP contribution in [-0.4, -0.2) is 27.1 Å². The second-order valence-electron chi connectivity index (χ2n) is 5.20. The summed E-state index contributed by atoms with van der Waals surface area (Å²) >= 11 is 1.27. The first-order valence-corrected chi connectivity index (χ1v) is 8.07. The number of aliphatic imine (C=N–C) groups is 1. The van der Waals surface area contributed by atoms with Gasteiger partial charge in [0.15, 0.2) is 16.8 Å². The van der Waals surface area contributed by atoms with Crippen LogP contribution in [0.15, 0.2) is 53.7 Å². The molecule has 0 spiro atoms. The summed E-state index contributed by atoms with van der Waals surface area (Å²) in [6, 6.07) is 12.7. The summed E-state index contributed by atoms with van der Waals surface area (Å²) in [5.41, 5.74) is 1.66. The molecule has 6 heteroatoms. The lowest BCUT2D eigenvalue weighted by atomic mass is 10.1. The number of nitrogens with zero attached hydrogens (tertiary/aromatic N) is 2. The Morgan fingerprint density at radius 3 is 2.83 bits per heavy atom. The zero-order chi connectivity index (χ0) is 16.2. The number of carbonyl (C=O) groups is 2. The highest BCUT2D eigenvalue weighted by molar-refractivity contribution is 8.15. The number of aromatic nitrogens is 1. The average Bonchev–Trinajstić information content (AvgIpc) is 2.87. The Balaban J connectivity index is 1.69. The van der Waals surface area contributed by atoms with Gasteiger partial charge in [0.1, 0.15) is 0 Å². The number of rotatable bonds is 4. The molecular formula is C17H15N3O2S. The first kappa shape index (κ1) is 15.4. The van der Waals surface area contributed by atoms with Crippen molar-refractivity contribution < 1.29 is 9.59 Å². The van der Waals surface area contributed by atoms with Crippen LogP contribution in [0.25, 0.3) is 0 Å². The summed E-state index contributed by atoms with van der Waals surface area (Å²) in [6.07, 6.45) is 1.83. The topological polar surface area (TPSA) is 71.4 Å². The first-order chi connectivity index (χ1) is 11.1. The Morgan fingerprint density at radius 2 is 2.09 bits per heavy atom. The number of pyridine rings is 1. The average molecular weight is 325 g/mol.